The molecule has 2 aromatic rings. The molecule has 1 heterocycles. The minimum absolute atomic E-state index is 0.115. The third-order valence-electron chi connectivity index (χ3n) is 6.45. The van der Waals surface area contributed by atoms with Crippen molar-refractivity contribution < 1.29 is 4.79 Å². The lowest BCUT2D eigenvalue weighted by Crippen LogP contribution is -2.54. The molecular formula is C25H32ClN3O. The van der Waals surface area contributed by atoms with Crippen molar-refractivity contribution in [3.8, 4) is 0 Å². The summed E-state index contributed by atoms with van der Waals surface area (Å²) in [5, 5.41) is 4.05. The van der Waals surface area contributed by atoms with E-state index in [9.17, 15) is 4.79 Å². The lowest BCUT2D eigenvalue weighted by molar-refractivity contribution is 0.118. The van der Waals surface area contributed by atoms with E-state index in [2.05, 4.69) is 52.7 Å². The number of amides is 2. The van der Waals surface area contributed by atoms with Gasteiger partial charge >= 0.3 is 6.03 Å². The van der Waals surface area contributed by atoms with Gasteiger partial charge < -0.3 is 10.2 Å². The smallest absolute Gasteiger partial charge is 0.317 e. The maximum absolute atomic E-state index is 12.8. The summed E-state index contributed by atoms with van der Waals surface area (Å²) in [7, 11) is 0. The van der Waals surface area contributed by atoms with E-state index < -0.39 is 0 Å². The SMILES string of the molecule is O=C(NC1CCCCCC1)N1CCN([C@@H](c2ccccc2)c2ccc(Cl)cc2)CC1. The Bertz CT molecular complexity index is 795. The van der Waals surface area contributed by atoms with Gasteiger partial charge in [-0.1, -0.05) is 79.7 Å². The number of benzene rings is 2. The van der Waals surface area contributed by atoms with Crippen molar-refractivity contribution >= 4 is 17.6 Å². The van der Waals surface area contributed by atoms with E-state index in [1.165, 1.54) is 36.8 Å². The van der Waals surface area contributed by atoms with Crippen LogP contribution in [0.4, 0.5) is 4.79 Å². The third kappa shape index (κ3) is 5.35. The van der Waals surface area contributed by atoms with Gasteiger partial charge in [0.2, 0.25) is 0 Å². The Morgan fingerprint density at radius 3 is 2.07 bits per heavy atom. The molecule has 4 rings (SSSR count). The second kappa shape index (κ2) is 10.3. The molecule has 1 saturated carbocycles. The van der Waals surface area contributed by atoms with Crippen LogP contribution in [0.15, 0.2) is 54.6 Å². The lowest BCUT2D eigenvalue weighted by Gasteiger charge is -2.40. The summed E-state index contributed by atoms with van der Waals surface area (Å²) in [6.45, 7) is 3.24. The maximum atomic E-state index is 12.8. The second-order valence-corrected chi connectivity index (χ2v) is 8.96. The van der Waals surface area contributed by atoms with Gasteiger partial charge in [-0.25, -0.2) is 4.79 Å². The van der Waals surface area contributed by atoms with E-state index in [-0.39, 0.29) is 12.1 Å². The topological polar surface area (TPSA) is 35.6 Å². The molecular weight excluding hydrogens is 394 g/mol. The molecule has 2 aliphatic rings. The van der Waals surface area contributed by atoms with Gasteiger partial charge in [-0.15, -0.1) is 0 Å². The summed E-state index contributed by atoms with van der Waals surface area (Å²) in [4.78, 5) is 17.3. The molecule has 0 bridgehead atoms. The van der Waals surface area contributed by atoms with Gasteiger partial charge in [0.25, 0.3) is 0 Å². The highest BCUT2D eigenvalue weighted by Crippen LogP contribution is 2.30. The molecule has 0 radical (unpaired) electrons. The van der Waals surface area contributed by atoms with Crippen molar-refractivity contribution in [2.24, 2.45) is 0 Å². The van der Waals surface area contributed by atoms with Crippen LogP contribution in [-0.2, 0) is 0 Å². The first-order chi connectivity index (χ1) is 14.7. The lowest BCUT2D eigenvalue weighted by atomic mass is 9.96. The van der Waals surface area contributed by atoms with Crippen LogP contribution in [0.3, 0.4) is 0 Å². The minimum Gasteiger partial charge on any atom is -0.335 e. The van der Waals surface area contributed by atoms with Crippen LogP contribution in [0.1, 0.15) is 55.7 Å². The molecule has 5 heteroatoms. The van der Waals surface area contributed by atoms with Gasteiger partial charge in [0.05, 0.1) is 6.04 Å². The number of hydrogen-bond acceptors (Lipinski definition) is 2. The molecule has 0 unspecified atom stereocenters. The summed E-state index contributed by atoms with van der Waals surface area (Å²) in [6.07, 6.45) is 7.32. The average molecular weight is 426 g/mol. The molecule has 0 spiro atoms. The van der Waals surface area contributed by atoms with Gasteiger partial charge in [-0.2, -0.15) is 0 Å². The fraction of sp³-hybridized carbons (Fsp3) is 0.480. The van der Waals surface area contributed by atoms with Crippen molar-refractivity contribution in [1.29, 1.82) is 0 Å². The van der Waals surface area contributed by atoms with Crippen molar-refractivity contribution in [3.63, 3.8) is 0 Å². The van der Waals surface area contributed by atoms with Crippen LogP contribution in [-0.4, -0.2) is 48.1 Å². The predicted molar refractivity (Wildman–Crippen MR) is 123 cm³/mol. The quantitative estimate of drug-likeness (QED) is 0.658. The van der Waals surface area contributed by atoms with E-state index in [0.717, 1.165) is 44.0 Å². The zero-order valence-corrected chi connectivity index (χ0v) is 18.4. The molecule has 160 valence electrons. The standard InChI is InChI=1S/C25H32ClN3O/c26-22-14-12-21(13-15-22)24(20-8-4-3-5-9-20)28-16-18-29(19-17-28)25(30)27-23-10-6-1-2-7-11-23/h3-5,8-9,12-15,23-24H,1-2,6-7,10-11,16-19H2,(H,27,30)/t24-/m0/s1. The molecule has 1 aliphatic heterocycles. The molecule has 30 heavy (non-hydrogen) atoms. The van der Waals surface area contributed by atoms with E-state index in [1.54, 1.807) is 0 Å². The maximum Gasteiger partial charge on any atom is 0.317 e. The first-order valence-electron chi connectivity index (χ1n) is 11.3. The zero-order valence-electron chi connectivity index (χ0n) is 17.6. The first kappa shape index (κ1) is 21.2. The summed E-state index contributed by atoms with van der Waals surface area (Å²) < 4.78 is 0. The summed E-state index contributed by atoms with van der Waals surface area (Å²) >= 11 is 6.13. The van der Waals surface area contributed by atoms with Crippen LogP contribution in [0.5, 0.6) is 0 Å². The highest BCUT2D eigenvalue weighted by molar-refractivity contribution is 6.30. The summed E-state index contributed by atoms with van der Waals surface area (Å²) in [5.41, 5.74) is 2.51. The van der Waals surface area contributed by atoms with Crippen LogP contribution >= 0.6 is 11.6 Å². The number of piperazine rings is 1. The number of urea groups is 1. The normalized spacial score (nSPS) is 19.8. The van der Waals surface area contributed by atoms with Crippen LogP contribution in [0, 0.1) is 0 Å². The summed E-state index contributed by atoms with van der Waals surface area (Å²) in [5.74, 6) is 0. The van der Waals surface area contributed by atoms with Crippen molar-refractivity contribution in [3.05, 3.63) is 70.7 Å². The fourth-order valence-corrected chi connectivity index (χ4v) is 4.89. The number of carbonyl (C=O) groups is 1. The van der Waals surface area contributed by atoms with E-state index >= 15 is 0 Å². The molecule has 2 fully saturated rings. The number of halogens is 1. The Morgan fingerprint density at radius 1 is 0.833 bits per heavy atom. The van der Waals surface area contributed by atoms with Gasteiger partial charge in [-0.3, -0.25) is 4.90 Å². The minimum atomic E-state index is 0.115. The first-order valence-corrected chi connectivity index (χ1v) is 11.7. The number of hydrogen-bond donors (Lipinski definition) is 1. The summed E-state index contributed by atoms with van der Waals surface area (Å²) in [6, 6.07) is 19.4. The molecule has 4 nitrogen and oxygen atoms in total. The van der Waals surface area contributed by atoms with Gasteiger partial charge in [0.15, 0.2) is 0 Å². The zero-order chi connectivity index (χ0) is 20.8. The van der Waals surface area contributed by atoms with Crippen molar-refractivity contribution in [2.75, 3.05) is 26.2 Å². The number of nitrogens with one attached hydrogen (secondary N) is 1. The molecule has 2 aromatic carbocycles. The monoisotopic (exact) mass is 425 g/mol. The van der Waals surface area contributed by atoms with E-state index in [1.807, 2.05) is 17.0 Å². The molecule has 1 atom stereocenters. The molecule has 1 N–H and O–H groups in total. The molecule has 2 amide bonds. The average Bonchev–Trinajstić information content (AvgIpc) is 3.05. The fourth-order valence-electron chi connectivity index (χ4n) is 4.77. The Labute approximate surface area is 185 Å². The van der Waals surface area contributed by atoms with Crippen molar-refractivity contribution in [1.82, 2.24) is 15.1 Å². The molecule has 1 aliphatic carbocycles. The Hall–Kier alpha value is -2.04. The van der Waals surface area contributed by atoms with Crippen LogP contribution in [0.25, 0.3) is 0 Å². The predicted octanol–water partition coefficient (Wildman–Crippen LogP) is 5.48. The Balaban J connectivity index is 1.41. The van der Waals surface area contributed by atoms with Crippen LogP contribution < -0.4 is 5.32 Å². The van der Waals surface area contributed by atoms with Gasteiger partial charge in [0, 0.05) is 37.2 Å². The Kier molecular flexibility index (Phi) is 7.29. The second-order valence-electron chi connectivity index (χ2n) is 8.53. The van der Waals surface area contributed by atoms with E-state index in [0.29, 0.717) is 6.04 Å². The van der Waals surface area contributed by atoms with E-state index in [4.69, 9.17) is 11.6 Å². The van der Waals surface area contributed by atoms with Crippen molar-refractivity contribution in [2.45, 2.75) is 50.6 Å². The van der Waals surface area contributed by atoms with Crippen LogP contribution in [0.2, 0.25) is 5.02 Å². The molecule has 1 saturated heterocycles. The van der Waals surface area contributed by atoms with Gasteiger partial charge in [-0.05, 0) is 36.1 Å². The third-order valence-corrected chi connectivity index (χ3v) is 6.70. The Morgan fingerprint density at radius 2 is 1.43 bits per heavy atom. The number of nitrogens with zero attached hydrogens (tertiary/aromatic N) is 2. The highest BCUT2D eigenvalue weighted by atomic mass is 35.5. The largest absolute Gasteiger partial charge is 0.335 e. The van der Waals surface area contributed by atoms with Gasteiger partial charge in [0.1, 0.15) is 0 Å². The number of rotatable bonds is 4. The highest BCUT2D eigenvalue weighted by Gasteiger charge is 2.29. The number of carbonyl (C=O) groups excluding carboxylic acids is 1. The molecule has 0 aromatic heterocycles.